The lowest BCUT2D eigenvalue weighted by molar-refractivity contribution is -0.304. The van der Waals surface area contributed by atoms with E-state index in [-0.39, 0.29) is 46.4 Å². The third-order valence-electron chi connectivity index (χ3n) is 16.2. The topological polar surface area (TPSA) is 144 Å². The van der Waals surface area contributed by atoms with E-state index in [9.17, 15) is 25.2 Å². The fraction of sp³-hybridized carbons (Fsp3) is 0.973. The van der Waals surface area contributed by atoms with E-state index in [4.69, 9.17) is 23.7 Å². The highest BCUT2D eigenvalue weighted by atomic mass is 16.8. The summed E-state index contributed by atoms with van der Waals surface area (Å²) in [6, 6.07) is 0. The number of fused-ring (bicyclic) bond motifs is 4. The zero-order valence-corrected chi connectivity index (χ0v) is 29.5. The molecule has 0 amide bonds. The van der Waals surface area contributed by atoms with Gasteiger partial charge in [0.05, 0.1) is 24.4 Å². The van der Waals surface area contributed by atoms with Gasteiger partial charge in [-0.15, -0.1) is 0 Å². The summed E-state index contributed by atoms with van der Waals surface area (Å²) in [6.07, 6.45) is 1.93. The lowest BCUT2D eigenvalue weighted by Crippen LogP contribution is -2.61. The molecule has 0 unspecified atom stereocenters. The van der Waals surface area contributed by atoms with Gasteiger partial charge < -0.3 is 44.1 Å². The summed E-state index contributed by atoms with van der Waals surface area (Å²) in [5.74, 6) is -0.500. The van der Waals surface area contributed by atoms with Crippen molar-refractivity contribution in [2.45, 2.75) is 167 Å². The average Bonchev–Trinajstić information content (AvgIpc) is 3.49. The Kier molecular flexibility index (Phi) is 7.03. The molecule has 4 N–H and O–H groups in total. The molecule has 2 bridgehead atoms. The highest BCUT2D eigenvalue weighted by Crippen LogP contribution is 2.90. The third kappa shape index (κ3) is 3.94. The second kappa shape index (κ2) is 9.93. The van der Waals surface area contributed by atoms with E-state index in [2.05, 4.69) is 34.6 Å². The Labute approximate surface area is 279 Å². The van der Waals surface area contributed by atoms with Crippen molar-refractivity contribution in [3.63, 3.8) is 0 Å². The second-order valence-electron chi connectivity index (χ2n) is 18.9. The van der Waals surface area contributed by atoms with Crippen LogP contribution >= 0.6 is 0 Å². The van der Waals surface area contributed by atoms with Crippen LogP contribution in [0.2, 0.25) is 0 Å². The van der Waals surface area contributed by atoms with Gasteiger partial charge in [0.1, 0.15) is 24.4 Å². The number of esters is 1. The van der Waals surface area contributed by atoms with Crippen LogP contribution in [0.25, 0.3) is 0 Å². The Morgan fingerprint density at radius 3 is 2.28 bits per heavy atom. The molecule has 3 saturated heterocycles. The van der Waals surface area contributed by atoms with Crippen molar-refractivity contribution in [2.75, 3.05) is 6.61 Å². The summed E-state index contributed by atoms with van der Waals surface area (Å²) in [6.45, 7) is 16.5. The molecule has 3 heterocycles. The first-order valence-corrected chi connectivity index (χ1v) is 18.4. The van der Waals surface area contributed by atoms with E-state index in [1.807, 2.05) is 0 Å². The molecule has 8 fully saturated rings. The smallest absolute Gasteiger partial charge is 0.303 e. The van der Waals surface area contributed by atoms with Crippen molar-refractivity contribution in [2.24, 2.45) is 50.7 Å². The molecular weight excluding hydrogens is 604 g/mol. The summed E-state index contributed by atoms with van der Waals surface area (Å²) >= 11 is 0. The minimum atomic E-state index is -1.32. The normalized spacial score (nSPS) is 58.8. The average molecular weight is 663 g/mol. The molecule has 266 valence electrons. The van der Waals surface area contributed by atoms with Gasteiger partial charge in [0.2, 0.25) is 0 Å². The lowest BCUT2D eigenvalue weighted by atomic mass is 9.41. The first-order valence-electron chi connectivity index (χ1n) is 18.4. The Hall–Kier alpha value is -0.850. The van der Waals surface area contributed by atoms with Gasteiger partial charge in [0.25, 0.3) is 0 Å². The number of rotatable bonds is 4. The molecule has 0 aromatic carbocycles. The first-order chi connectivity index (χ1) is 21.8. The van der Waals surface area contributed by atoms with Gasteiger partial charge in [-0.1, -0.05) is 34.6 Å². The molecule has 5 saturated carbocycles. The van der Waals surface area contributed by atoms with Crippen LogP contribution in [0.4, 0.5) is 0 Å². The van der Waals surface area contributed by atoms with Crippen LogP contribution in [0, 0.1) is 50.7 Å². The van der Waals surface area contributed by atoms with Crippen molar-refractivity contribution in [3.05, 3.63) is 0 Å². The lowest BCUT2D eigenvalue weighted by Gasteiger charge is -2.63. The minimum absolute atomic E-state index is 0.0285. The van der Waals surface area contributed by atoms with Gasteiger partial charge in [-0.25, -0.2) is 0 Å². The van der Waals surface area contributed by atoms with Crippen LogP contribution < -0.4 is 0 Å². The fourth-order valence-corrected chi connectivity index (χ4v) is 14.3. The molecule has 0 aromatic heterocycles. The van der Waals surface area contributed by atoms with Crippen LogP contribution in [0.1, 0.15) is 107 Å². The van der Waals surface area contributed by atoms with E-state index in [0.29, 0.717) is 17.8 Å². The first kappa shape index (κ1) is 33.3. The number of ether oxygens (including phenoxy) is 5. The maximum Gasteiger partial charge on any atom is 0.303 e. The maximum absolute atomic E-state index is 12.7. The van der Waals surface area contributed by atoms with Crippen molar-refractivity contribution in [3.8, 4) is 0 Å². The molecule has 47 heavy (non-hydrogen) atoms. The van der Waals surface area contributed by atoms with Gasteiger partial charge >= 0.3 is 5.97 Å². The molecule has 8 rings (SSSR count). The quantitative estimate of drug-likeness (QED) is 0.260. The molecule has 10 nitrogen and oxygen atoms in total. The van der Waals surface area contributed by atoms with Crippen molar-refractivity contribution >= 4 is 5.97 Å². The van der Waals surface area contributed by atoms with Crippen LogP contribution in [0.15, 0.2) is 0 Å². The minimum Gasteiger partial charge on any atom is -0.457 e. The highest BCUT2D eigenvalue weighted by Gasteiger charge is 2.88. The fourth-order valence-electron chi connectivity index (χ4n) is 14.3. The number of aliphatic hydroxyl groups is 4. The van der Waals surface area contributed by atoms with Gasteiger partial charge in [0, 0.05) is 18.3 Å². The van der Waals surface area contributed by atoms with E-state index in [1.165, 1.54) is 13.3 Å². The summed E-state index contributed by atoms with van der Waals surface area (Å²) in [5, 5.41) is 45.4. The van der Waals surface area contributed by atoms with Crippen molar-refractivity contribution < 1.29 is 48.9 Å². The van der Waals surface area contributed by atoms with E-state index < -0.39 is 59.6 Å². The Bertz CT molecular complexity index is 1310. The van der Waals surface area contributed by atoms with Crippen LogP contribution in [-0.2, 0) is 28.5 Å². The highest BCUT2D eigenvalue weighted by molar-refractivity contribution is 5.66. The number of hydrogen-bond donors (Lipinski definition) is 4. The third-order valence-corrected chi connectivity index (χ3v) is 16.2. The zero-order chi connectivity index (χ0) is 33.9. The summed E-state index contributed by atoms with van der Waals surface area (Å²) in [7, 11) is 0. The van der Waals surface area contributed by atoms with Crippen LogP contribution in [0.5, 0.6) is 0 Å². The zero-order valence-electron chi connectivity index (χ0n) is 29.5. The van der Waals surface area contributed by atoms with Gasteiger partial charge in [0.15, 0.2) is 18.2 Å². The Morgan fingerprint density at radius 1 is 0.915 bits per heavy atom. The standard InChI is InChI=1S/C37H58O10/c1-18-15-20-28(32(5,6)42)47-37(46-20)27(18)33(7)13-14-36-17-35(36)12-11-24(45-29-26(40)25(39)21(16-43-29)44-19(2)38)31(3,4)22(35)9-10-23(36)34(33,8)30(37)41/h18,20-30,39-42H,9-17H2,1-8H3/t18-,20-,21+,22+,23+,24+,25+,26-,27-,28+,29+,30-,33-,34-,35-,36+,37+/m1/s1. The molecule has 8 aliphatic rings. The van der Waals surface area contributed by atoms with E-state index in [1.54, 1.807) is 13.8 Å². The maximum atomic E-state index is 12.7. The number of hydrogen-bond acceptors (Lipinski definition) is 10. The summed E-state index contributed by atoms with van der Waals surface area (Å²) < 4.78 is 31.2. The van der Waals surface area contributed by atoms with Gasteiger partial charge in [-0.3, -0.25) is 4.79 Å². The predicted molar refractivity (Wildman–Crippen MR) is 168 cm³/mol. The summed E-state index contributed by atoms with van der Waals surface area (Å²) in [4.78, 5) is 11.5. The summed E-state index contributed by atoms with van der Waals surface area (Å²) in [5.41, 5.74) is -1.51. The van der Waals surface area contributed by atoms with Crippen LogP contribution in [-0.4, -0.2) is 93.4 Å². The molecule has 3 aliphatic heterocycles. The largest absolute Gasteiger partial charge is 0.457 e. The SMILES string of the molecule is CC(=O)O[C@H]1CO[C@@H](O[C@H]2CC[C@]34C[C@]35CC[C@]3(C)[C@H]6[C@H](C)C[C@H]7O[C@@]6(O[C@@H]7C(C)(C)O)[C@H](O)[C@@]3(C)[C@@H]5CC[C@H]4C2(C)C)[C@H](O)[C@H]1O. The van der Waals surface area contributed by atoms with Gasteiger partial charge in [-0.05, 0) is 105 Å². The molecule has 5 aliphatic carbocycles. The van der Waals surface area contributed by atoms with E-state index in [0.717, 1.165) is 44.9 Å². The molecule has 0 radical (unpaired) electrons. The number of carbonyl (C=O) groups excluding carboxylic acids is 1. The van der Waals surface area contributed by atoms with Crippen molar-refractivity contribution in [1.29, 1.82) is 0 Å². The number of aliphatic hydroxyl groups excluding tert-OH is 3. The molecule has 3 spiro atoms. The Morgan fingerprint density at radius 2 is 1.60 bits per heavy atom. The predicted octanol–water partition coefficient (Wildman–Crippen LogP) is 3.69. The van der Waals surface area contributed by atoms with Crippen molar-refractivity contribution in [1.82, 2.24) is 0 Å². The van der Waals surface area contributed by atoms with E-state index >= 15 is 0 Å². The van der Waals surface area contributed by atoms with Crippen LogP contribution in [0.3, 0.4) is 0 Å². The molecule has 10 heteroatoms. The number of carbonyl (C=O) groups is 1. The molecule has 0 aromatic rings. The monoisotopic (exact) mass is 662 g/mol. The second-order valence-corrected chi connectivity index (χ2v) is 18.9. The molecule has 17 atom stereocenters. The molecular formula is C37H58O10. The van der Waals surface area contributed by atoms with Gasteiger partial charge in [-0.2, -0.15) is 0 Å². The Balaban J connectivity index is 1.06.